The average Bonchev–Trinajstić information content (AvgIpc) is 2.45. The summed E-state index contributed by atoms with van der Waals surface area (Å²) >= 11 is 6.48. The summed E-state index contributed by atoms with van der Waals surface area (Å²) in [5.74, 6) is 0.902. The van der Waals surface area contributed by atoms with Crippen LogP contribution >= 0.6 is 11.6 Å². The maximum atomic E-state index is 6.48. The lowest BCUT2D eigenvalue weighted by Gasteiger charge is -2.33. The minimum absolute atomic E-state index is 0.501. The lowest BCUT2D eigenvalue weighted by Crippen LogP contribution is -2.33. The molecule has 112 valence electrons. The SMILES string of the molecule is CCC1CCN(c2ccc(CNC(C)C)cc2Cl)CC1. The summed E-state index contributed by atoms with van der Waals surface area (Å²) in [6.07, 6.45) is 3.90. The summed E-state index contributed by atoms with van der Waals surface area (Å²) in [5.41, 5.74) is 2.46. The first-order chi connectivity index (χ1) is 9.60. The highest BCUT2D eigenvalue weighted by atomic mass is 35.5. The van der Waals surface area contributed by atoms with Gasteiger partial charge in [-0.25, -0.2) is 0 Å². The molecule has 20 heavy (non-hydrogen) atoms. The molecule has 1 aliphatic rings. The molecule has 1 heterocycles. The quantitative estimate of drug-likeness (QED) is 0.862. The Morgan fingerprint density at radius 1 is 1.30 bits per heavy atom. The second-order valence-corrected chi connectivity index (χ2v) is 6.57. The number of halogens is 1. The molecular weight excluding hydrogens is 268 g/mol. The molecule has 0 saturated carbocycles. The molecule has 0 unspecified atom stereocenters. The molecule has 0 aromatic heterocycles. The number of nitrogens with one attached hydrogen (secondary N) is 1. The number of piperidine rings is 1. The molecule has 1 aromatic rings. The van der Waals surface area contributed by atoms with Gasteiger partial charge in [0.2, 0.25) is 0 Å². The van der Waals surface area contributed by atoms with Crippen molar-refractivity contribution in [1.29, 1.82) is 0 Å². The smallest absolute Gasteiger partial charge is 0.0642 e. The van der Waals surface area contributed by atoms with Crippen molar-refractivity contribution in [2.24, 2.45) is 5.92 Å². The molecule has 1 aromatic carbocycles. The highest BCUT2D eigenvalue weighted by Gasteiger charge is 2.19. The van der Waals surface area contributed by atoms with Crippen molar-refractivity contribution in [1.82, 2.24) is 5.32 Å². The second kappa shape index (κ2) is 7.33. The van der Waals surface area contributed by atoms with Crippen molar-refractivity contribution in [3.8, 4) is 0 Å². The summed E-state index contributed by atoms with van der Waals surface area (Å²) in [6.45, 7) is 9.78. The van der Waals surface area contributed by atoms with Crippen molar-refractivity contribution in [2.75, 3.05) is 18.0 Å². The summed E-state index contributed by atoms with van der Waals surface area (Å²) in [5, 5.41) is 4.32. The molecule has 1 saturated heterocycles. The van der Waals surface area contributed by atoms with Crippen LogP contribution in [0.1, 0.15) is 45.6 Å². The fraction of sp³-hybridized carbons (Fsp3) is 0.647. The molecule has 0 amide bonds. The van der Waals surface area contributed by atoms with Gasteiger partial charge in [0.05, 0.1) is 10.7 Å². The normalized spacial score (nSPS) is 16.9. The predicted octanol–water partition coefficient (Wildman–Crippen LogP) is 4.46. The second-order valence-electron chi connectivity index (χ2n) is 6.16. The monoisotopic (exact) mass is 294 g/mol. The van der Waals surface area contributed by atoms with Crippen LogP contribution in [0.4, 0.5) is 5.69 Å². The van der Waals surface area contributed by atoms with E-state index < -0.39 is 0 Å². The molecule has 2 nitrogen and oxygen atoms in total. The van der Waals surface area contributed by atoms with Crippen LogP contribution in [-0.4, -0.2) is 19.1 Å². The Labute approximate surface area is 128 Å². The molecule has 1 N–H and O–H groups in total. The number of hydrogen-bond donors (Lipinski definition) is 1. The van der Waals surface area contributed by atoms with Gasteiger partial charge in [0.1, 0.15) is 0 Å². The van der Waals surface area contributed by atoms with Gasteiger partial charge in [0.25, 0.3) is 0 Å². The minimum atomic E-state index is 0.501. The topological polar surface area (TPSA) is 15.3 Å². The highest BCUT2D eigenvalue weighted by Crippen LogP contribution is 2.31. The van der Waals surface area contributed by atoms with E-state index in [1.54, 1.807) is 0 Å². The Morgan fingerprint density at radius 2 is 2.00 bits per heavy atom. The molecule has 0 spiro atoms. The zero-order chi connectivity index (χ0) is 14.5. The predicted molar refractivity (Wildman–Crippen MR) is 88.7 cm³/mol. The molecule has 1 fully saturated rings. The number of nitrogens with zero attached hydrogens (tertiary/aromatic N) is 1. The zero-order valence-corrected chi connectivity index (χ0v) is 13.7. The van der Waals surface area contributed by atoms with Gasteiger partial charge in [-0.2, -0.15) is 0 Å². The summed E-state index contributed by atoms with van der Waals surface area (Å²) in [7, 11) is 0. The number of hydrogen-bond acceptors (Lipinski definition) is 2. The Bertz CT molecular complexity index is 423. The third-order valence-electron chi connectivity index (χ3n) is 4.26. The molecule has 1 aliphatic heterocycles. The van der Waals surface area contributed by atoms with E-state index in [1.807, 2.05) is 0 Å². The first-order valence-corrected chi connectivity index (χ1v) is 8.24. The van der Waals surface area contributed by atoms with E-state index >= 15 is 0 Å². The van der Waals surface area contributed by atoms with Crippen LogP contribution in [0.15, 0.2) is 18.2 Å². The van der Waals surface area contributed by atoms with Crippen LogP contribution in [0.5, 0.6) is 0 Å². The third-order valence-corrected chi connectivity index (χ3v) is 4.56. The fourth-order valence-corrected chi connectivity index (χ4v) is 3.14. The van der Waals surface area contributed by atoms with E-state index in [2.05, 4.69) is 49.2 Å². The molecule has 0 radical (unpaired) electrons. The Balaban J connectivity index is 1.99. The Hall–Kier alpha value is -0.730. The van der Waals surface area contributed by atoms with Crippen LogP contribution < -0.4 is 10.2 Å². The molecule has 0 aliphatic carbocycles. The van der Waals surface area contributed by atoms with Gasteiger partial charge in [-0.15, -0.1) is 0 Å². The van der Waals surface area contributed by atoms with E-state index in [0.29, 0.717) is 6.04 Å². The third kappa shape index (κ3) is 4.13. The lowest BCUT2D eigenvalue weighted by atomic mass is 9.94. The highest BCUT2D eigenvalue weighted by molar-refractivity contribution is 6.33. The maximum Gasteiger partial charge on any atom is 0.0642 e. The molecule has 2 rings (SSSR count). The minimum Gasteiger partial charge on any atom is -0.370 e. The van der Waals surface area contributed by atoms with Gasteiger partial charge >= 0.3 is 0 Å². The number of anilines is 1. The lowest BCUT2D eigenvalue weighted by molar-refractivity contribution is 0.395. The van der Waals surface area contributed by atoms with Crippen molar-refractivity contribution >= 4 is 17.3 Å². The van der Waals surface area contributed by atoms with Gasteiger partial charge < -0.3 is 10.2 Å². The van der Waals surface area contributed by atoms with E-state index in [4.69, 9.17) is 11.6 Å². The molecule has 0 bridgehead atoms. The van der Waals surface area contributed by atoms with Crippen LogP contribution in [0.3, 0.4) is 0 Å². The van der Waals surface area contributed by atoms with Crippen molar-refractivity contribution < 1.29 is 0 Å². The van der Waals surface area contributed by atoms with Crippen molar-refractivity contribution in [3.63, 3.8) is 0 Å². The van der Waals surface area contributed by atoms with Crippen molar-refractivity contribution in [3.05, 3.63) is 28.8 Å². The molecular formula is C17H27ClN2. The Morgan fingerprint density at radius 3 is 2.55 bits per heavy atom. The van der Waals surface area contributed by atoms with E-state index in [1.165, 1.54) is 30.5 Å². The average molecular weight is 295 g/mol. The number of rotatable bonds is 5. The van der Waals surface area contributed by atoms with Gasteiger partial charge in [-0.3, -0.25) is 0 Å². The van der Waals surface area contributed by atoms with Crippen LogP contribution in [0.2, 0.25) is 5.02 Å². The number of benzene rings is 1. The van der Waals surface area contributed by atoms with Gasteiger partial charge in [0.15, 0.2) is 0 Å². The summed E-state index contributed by atoms with van der Waals surface area (Å²) in [4.78, 5) is 2.44. The van der Waals surface area contributed by atoms with Gasteiger partial charge in [0, 0.05) is 25.7 Å². The maximum absolute atomic E-state index is 6.48. The van der Waals surface area contributed by atoms with Crippen molar-refractivity contribution in [2.45, 2.75) is 52.6 Å². The molecule has 0 atom stereocenters. The zero-order valence-electron chi connectivity index (χ0n) is 13.0. The summed E-state index contributed by atoms with van der Waals surface area (Å²) < 4.78 is 0. The van der Waals surface area contributed by atoms with E-state index in [9.17, 15) is 0 Å². The van der Waals surface area contributed by atoms with Crippen LogP contribution in [-0.2, 0) is 6.54 Å². The molecule has 3 heteroatoms. The summed E-state index contributed by atoms with van der Waals surface area (Å²) in [6, 6.07) is 6.99. The van der Waals surface area contributed by atoms with E-state index in [-0.39, 0.29) is 0 Å². The first-order valence-electron chi connectivity index (χ1n) is 7.87. The first kappa shape index (κ1) is 15.7. The van der Waals surface area contributed by atoms with Crippen LogP contribution in [0, 0.1) is 5.92 Å². The largest absolute Gasteiger partial charge is 0.370 e. The van der Waals surface area contributed by atoms with Crippen LogP contribution in [0.25, 0.3) is 0 Å². The van der Waals surface area contributed by atoms with Gasteiger partial charge in [-0.05, 0) is 36.5 Å². The van der Waals surface area contributed by atoms with E-state index in [0.717, 1.165) is 30.6 Å². The fourth-order valence-electron chi connectivity index (χ4n) is 2.82. The van der Waals surface area contributed by atoms with Gasteiger partial charge in [-0.1, -0.05) is 44.9 Å². The Kier molecular flexibility index (Phi) is 5.74. The standard InChI is InChI=1S/C17H27ClN2/c1-4-14-7-9-20(10-8-14)17-6-5-15(11-16(17)18)12-19-13(2)3/h5-6,11,13-14,19H,4,7-10,12H2,1-3H3.